The molecule has 0 aromatic carbocycles. The summed E-state index contributed by atoms with van der Waals surface area (Å²) in [4.78, 5) is 13.7. The minimum atomic E-state index is -0.692. The number of ether oxygens (including phenoxy) is 2. The predicted octanol–water partition coefficient (Wildman–Crippen LogP) is 1.33. The predicted molar refractivity (Wildman–Crippen MR) is 66.9 cm³/mol. The molecule has 1 rings (SSSR count). The van der Waals surface area contributed by atoms with Gasteiger partial charge in [-0.1, -0.05) is 0 Å². The lowest BCUT2D eigenvalue weighted by molar-refractivity contribution is -0.135. The lowest BCUT2D eigenvalue weighted by atomic mass is 9.92. The van der Waals surface area contributed by atoms with E-state index in [0.717, 1.165) is 6.42 Å². The Kier molecular flexibility index (Phi) is 6.10. The quantitative estimate of drug-likeness (QED) is 0.671. The van der Waals surface area contributed by atoms with Crippen molar-refractivity contribution in [2.75, 3.05) is 33.4 Å². The Bertz CT molecular complexity index is 304. The van der Waals surface area contributed by atoms with Crippen LogP contribution >= 0.6 is 0 Å². The zero-order valence-corrected chi connectivity index (χ0v) is 11.3. The first-order chi connectivity index (χ1) is 8.67. The molecule has 0 aromatic heterocycles. The molecular weight excluding hydrogens is 232 g/mol. The van der Waals surface area contributed by atoms with E-state index in [1.54, 1.807) is 7.11 Å². The average Bonchev–Trinajstić information content (AvgIpc) is 2.43. The molecule has 1 saturated heterocycles. The fourth-order valence-corrected chi connectivity index (χ4v) is 2.11. The van der Waals surface area contributed by atoms with Gasteiger partial charge >= 0.3 is 0 Å². The van der Waals surface area contributed by atoms with Gasteiger partial charge in [0.2, 0.25) is 5.91 Å². The van der Waals surface area contributed by atoms with Crippen LogP contribution < -0.4 is 0 Å². The Morgan fingerprint density at radius 3 is 2.61 bits per heavy atom. The third kappa shape index (κ3) is 3.97. The lowest BCUT2D eigenvalue weighted by Gasteiger charge is -2.36. The largest absolute Gasteiger partial charge is 0.382 e. The summed E-state index contributed by atoms with van der Waals surface area (Å²) in [5.74, 6) is 0.150. The van der Waals surface area contributed by atoms with Crippen LogP contribution in [-0.4, -0.2) is 49.8 Å². The van der Waals surface area contributed by atoms with Crippen LogP contribution in [0.1, 0.15) is 32.6 Å². The maximum atomic E-state index is 11.9. The number of amides is 1. The molecule has 1 aliphatic heterocycles. The standard InChI is InChI=1S/C13H22N2O3/c1-3-18-10-4-5-12(16)15-8-6-13(11-14,17-2)7-9-15/h3-10H2,1-2H3. The van der Waals surface area contributed by atoms with E-state index < -0.39 is 5.60 Å². The summed E-state index contributed by atoms with van der Waals surface area (Å²) in [6, 6.07) is 2.21. The topological polar surface area (TPSA) is 62.6 Å². The summed E-state index contributed by atoms with van der Waals surface area (Å²) >= 11 is 0. The molecule has 0 N–H and O–H groups in total. The van der Waals surface area contributed by atoms with Crippen molar-refractivity contribution in [2.45, 2.75) is 38.2 Å². The van der Waals surface area contributed by atoms with Gasteiger partial charge in [-0.2, -0.15) is 5.26 Å². The first kappa shape index (κ1) is 14.9. The number of hydrogen-bond donors (Lipinski definition) is 0. The molecule has 0 unspecified atom stereocenters. The summed E-state index contributed by atoms with van der Waals surface area (Å²) in [5.41, 5.74) is -0.692. The van der Waals surface area contributed by atoms with E-state index in [2.05, 4.69) is 6.07 Å². The molecule has 1 heterocycles. The van der Waals surface area contributed by atoms with Crippen molar-refractivity contribution >= 4 is 5.91 Å². The van der Waals surface area contributed by atoms with Gasteiger partial charge in [0.25, 0.3) is 0 Å². The molecule has 1 fully saturated rings. The minimum absolute atomic E-state index is 0.150. The SMILES string of the molecule is CCOCCCC(=O)N1CCC(C#N)(OC)CC1. The molecule has 1 amide bonds. The van der Waals surface area contributed by atoms with Crippen LogP contribution in [-0.2, 0) is 14.3 Å². The van der Waals surface area contributed by atoms with Gasteiger partial charge in [0, 0.05) is 52.7 Å². The first-order valence-electron chi connectivity index (χ1n) is 6.49. The van der Waals surface area contributed by atoms with Gasteiger partial charge in [-0.25, -0.2) is 0 Å². The second kappa shape index (κ2) is 7.34. The van der Waals surface area contributed by atoms with Crippen LogP contribution in [0.3, 0.4) is 0 Å². The third-order valence-electron chi connectivity index (χ3n) is 3.40. The summed E-state index contributed by atoms with van der Waals surface area (Å²) < 4.78 is 10.5. The smallest absolute Gasteiger partial charge is 0.222 e. The van der Waals surface area contributed by atoms with Crippen LogP contribution in [0.2, 0.25) is 0 Å². The van der Waals surface area contributed by atoms with Gasteiger partial charge in [0.15, 0.2) is 5.60 Å². The van der Waals surface area contributed by atoms with Crippen molar-refractivity contribution in [2.24, 2.45) is 0 Å². The highest BCUT2D eigenvalue weighted by atomic mass is 16.5. The Labute approximate surface area is 109 Å². The van der Waals surface area contributed by atoms with E-state index in [9.17, 15) is 4.79 Å². The number of rotatable bonds is 6. The summed E-state index contributed by atoms with van der Waals surface area (Å²) in [5, 5.41) is 9.07. The first-order valence-corrected chi connectivity index (χ1v) is 6.49. The molecule has 102 valence electrons. The second-order valence-corrected chi connectivity index (χ2v) is 4.49. The number of piperidine rings is 1. The number of nitrogens with zero attached hydrogens (tertiary/aromatic N) is 2. The zero-order chi connectivity index (χ0) is 13.4. The average molecular weight is 254 g/mol. The lowest BCUT2D eigenvalue weighted by Crippen LogP contribution is -2.46. The van der Waals surface area contributed by atoms with Crippen molar-refractivity contribution in [1.29, 1.82) is 5.26 Å². The number of hydrogen-bond acceptors (Lipinski definition) is 4. The van der Waals surface area contributed by atoms with Gasteiger partial charge in [-0.3, -0.25) is 4.79 Å². The molecular formula is C13H22N2O3. The number of methoxy groups -OCH3 is 1. The van der Waals surface area contributed by atoms with Gasteiger partial charge in [0.05, 0.1) is 6.07 Å². The fourth-order valence-electron chi connectivity index (χ4n) is 2.11. The minimum Gasteiger partial charge on any atom is -0.382 e. The van der Waals surface area contributed by atoms with Crippen molar-refractivity contribution in [3.63, 3.8) is 0 Å². The van der Waals surface area contributed by atoms with Gasteiger partial charge < -0.3 is 14.4 Å². The number of carbonyl (C=O) groups excluding carboxylic acids is 1. The second-order valence-electron chi connectivity index (χ2n) is 4.49. The Morgan fingerprint density at radius 2 is 2.11 bits per heavy atom. The highest BCUT2D eigenvalue weighted by Crippen LogP contribution is 2.25. The van der Waals surface area contributed by atoms with Crippen LogP contribution in [0.5, 0.6) is 0 Å². The molecule has 1 aliphatic rings. The van der Waals surface area contributed by atoms with Crippen LogP contribution in [0.4, 0.5) is 0 Å². The van der Waals surface area contributed by atoms with Crippen molar-refractivity contribution < 1.29 is 14.3 Å². The molecule has 0 radical (unpaired) electrons. The zero-order valence-electron chi connectivity index (χ0n) is 11.3. The van der Waals surface area contributed by atoms with Crippen LogP contribution in [0.25, 0.3) is 0 Å². The fraction of sp³-hybridized carbons (Fsp3) is 0.846. The molecule has 18 heavy (non-hydrogen) atoms. The number of nitriles is 1. The van der Waals surface area contributed by atoms with Crippen molar-refractivity contribution in [1.82, 2.24) is 4.90 Å². The van der Waals surface area contributed by atoms with Crippen molar-refractivity contribution in [3.05, 3.63) is 0 Å². The highest BCUT2D eigenvalue weighted by molar-refractivity contribution is 5.76. The van der Waals surface area contributed by atoms with Crippen LogP contribution in [0.15, 0.2) is 0 Å². The summed E-state index contributed by atoms with van der Waals surface area (Å²) in [6.45, 7) is 4.48. The highest BCUT2D eigenvalue weighted by Gasteiger charge is 2.35. The van der Waals surface area contributed by atoms with E-state index in [0.29, 0.717) is 45.6 Å². The van der Waals surface area contributed by atoms with Crippen LogP contribution in [0, 0.1) is 11.3 Å². The third-order valence-corrected chi connectivity index (χ3v) is 3.40. The molecule has 0 saturated carbocycles. The van der Waals surface area contributed by atoms with Gasteiger partial charge in [-0.15, -0.1) is 0 Å². The number of carbonyl (C=O) groups is 1. The molecule has 0 bridgehead atoms. The Morgan fingerprint density at radius 1 is 1.44 bits per heavy atom. The molecule has 0 aliphatic carbocycles. The maximum Gasteiger partial charge on any atom is 0.222 e. The monoisotopic (exact) mass is 254 g/mol. The van der Waals surface area contributed by atoms with Gasteiger partial charge in [-0.05, 0) is 13.3 Å². The maximum absolute atomic E-state index is 11.9. The van der Waals surface area contributed by atoms with E-state index in [1.807, 2.05) is 11.8 Å². The molecule has 0 aromatic rings. The summed E-state index contributed by atoms with van der Waals surface area (Å²) in [7, 11) is 1.56. The molecule has 0 atom stereocenters. The van der Waals surface area contributed by atoms with E-state index in [4.69, 9.17) is 14.7 Å². The Hall–Kier alpha value is -1.12. The Balaban J connectivity index is 2.30. The normalized spacial score (nSPS) is 18.4. The summed E-state index contributed by atoms with van der Waals surface area (Å²) in [6.07, 6.45) is 2.47. The van der Waals surface area contributed by atoms with Gasteiger partial charge in [0.1, 0.15) is 0 Å². The molecule has 5 nitrogen and oxygen atoms in total. The number of likely N-dealkylation sites (tertiary alicyclic amines) is 1. The molecule has 0 spiro atoms. The van der Waals surface area contributed by atoms with E-state index in [-0.39, 0.29) is 5.91 Å². The van der Waals surface area contributed by atoms with E-state index in [1.165, 1.54) is 0 Å². The molecule has 5 heteroatoms. The van der Waals surface area contributed by atoms with Crippen molar-refractivity contribution in [3.8, 4) is 6.07 Å². The van der Waals surface area contributed by atoms with E-state index >= 15 is 0 Å².